The summed E-state index contributed by atoms with van der Waals surface area (Å²) in [5, 5.41) is 19.7. The second-order valence-corrected chi connectivity index (χ2v) is 6.38. The van der Waals surface area contributed by atoms with Crippen LogP contribution in [0.25, 0.3) is 0 Å². The highest BCUT2D eigenvalue weighted by atomic mass is 32.2. The van der Waals surface area contributed by atoms with E-state index in [1.165, 1.54) is 43.3 Å². The summed E-state index contributed by atoms with van der Waals surface area (Å²) in [7, 11) is -4.02. The standard InChI is InChI=1S/C14H12N2O6S/c1-9-2-7-12(8-13(9)16(19)20)23(21,22)15-11-5-3-10(4-6-11)14(17)18/h2-8,15H,1H3,(H,17,18). The van der Waals surface area contributed by atoms with Gasteiger partial charge in [-0.05, 0) is 37.3 Å². The molecular weight excluding hydrogens is 324 g/mol. The molecule has 0 saturated heterocycles. The van der Waals surface area contributed by atoms with Crippen LogP contribution in [0, 0.1) is 17.0 Å². The number of carbonyl (C=O) groups is 1. The van der Waals surface area contributed by atoms with E-state index in [1.807, 2.05) is 0 Å². The number of nitro groups is 1. The first kappa shape index (κ1) is 16.4. The third-order valence-electron chi connectivity index (χ3n) is 3.07. The average Bonchev–Trinajstić information content (AvgIpc) is 2.47. The zero-order valence-corrected chi connectivity index (χ0v) is 12.7. The fourth-order valence-corrected chi connectivity index (χ4v) is 2.93. The largest absolute Gasteiger partial charge is 0.478 e. The van der Waals surface area contributed by atoms with Gasteiger partial charge in [-0.1, -0.05) is 6.07 Å². The maximum Gasteiger partial charge on any atom is 0.335 e. The van der Waals surface area contributed by atoms with Crippen molar-refractivity contribution in [3.8, 4) is 0 Å². The second-order valence-electron chi connectivity index (χ2n) is 4.69. The molecule has 0 aliphatic heterocycles. The number of nitrogens with one attached hydrogen (secondary N) is 1. The van der Waals surface area contributed by atoms with E-state index >= 15 is 0 Å². The van der Waals surface area contributed by atoms with Crippen LogP contribution in [0.5, 0.6) is 0 Å². The fourth-order valence-electron chi connectivity index (χ4n) is 1.85. The van der Waals surface area contributed by atoms with Gasteiger partial charge in [0, 0.05) is 17.3 Å². The van der Waals surface area contributed by atoms with Crippen LogP contribution >= 0.6 is 0 Å². The van der Waals surface area contributed by atoms with Crippen LogP contribution < -0.4 is 4.72 Å². The molecule has 0 spiro atoms. The zero-order valence-electron chi connectivity index (χ0n) is 11.9. The number of rotatable bonds is 5. The summed E-state index contributed by atoms with van der Waals surface area (Å²) in [6.07, 6.45) is 0. The van der Waals surface area contributed by atoms with Crippen LogP contribution in [0.2, 0.25) is 0 Å². The third-order valence-corrected chi connectivity index (χ3v) is 4.45. The van der Waals surface area contributed by atoms with Crippen molar-refractivity contribution in [3.63, 3.8) is 0 Å². The van der Waals surface area contributed by atoms with Gasteiger partial charge in [-0.3, -0.25) is 14.8 Å². The lowest BCUT2D eigenvalue weighted by atomic mass is 10.2. The molecule has 8 nitrogen and oxygen atoms in total. The first-order valence-corrected chi connectivity index (χ1v) is 7.80. The first-order valence-electron chi connectivity index (χ1n) is 6.32. The van der Waals surface area contributed by atoms with Gasteiger partial charge in [0.05, 0.1) is 15.4 Å². The van der Waals surface area contributed by atoms with Crippen molar-refractivity contribution in [1.82, 2.24) is 0 Å². The summed E-state index contributed by atoms with van der Waals surface area (Å²) >= 11 is 0. The van der Waals surface area contributed by atoms with Gasteiger partial charge in [0.15, 0.2) is 0 Å². The van der Waals surface area contributed by atoms with Gasteiger partial charge in [0.25, 0.3) is 15.7 Å². The maximum absolute atomic E-state index is 12.3. The predicted molar refractivity (Wildman–Crippen MR) is 82.0 cm³/mol. The zero-order chi connectivity index (χ0) is 17.2. The van der Waals surface area contributed by atoms with Crippen LogP contribution in [0.3, 0.4) is 0 Å². The van der Waals surface area contributed by atoms with Gasteiger partial charge in [-0.15, -0.1) is 0 Å². The Kier molecular flexibility index (Phi) is 4.32. The highest BCUT2D eigenvalue weighted by Crippen LogP contribution is 2.24. The number of aryl methyl sites for hydroxylation is 1. The van der Waals surface area contributed by atoms with Crippen LogP contribution in [0.4, 0.5) is 11.4 Å². The number of sulfonamides is 1. The fraction of sp³-hybridized carbons (Fsp3) is 0.0714. The van der Waals surface area contributed by atoms with Gasteiger partial charge in [-0.25, -0.2) is 13.2 Å². The topological polar surface area (TPSA) is 127 Å². The number of anilines is 1. The molecule has 0 aliphatic carbocycles. The van der Waals surface area contributed by atoms with Crippen LogP contribution in [-0.4, -0.2) is 24.4 Å². The summed E-state index contributed by atoms with van der Waals surface area (Å²) in [5.41, 5.74) is 0.214. The molecule has 0 radical (unpaired) electrons. The third kappa shape index (κ3) is 3.64. The number of nitro benzene ring substituents is 1. The van der Waals surface area contributed by atoms with E-state index in [2.05, 4.69) is 4.72 Å². The molecule has 0 aromatic heterocycles. The Balaban J connectivity index is 2.33. The molecule has 2 rings (SSSR count). The van der Waals surface area contributed by atoms with E-state index in [1.54, 1.807) is 0 Å². The molecule has 9 heteroatoms. The smallest absolute Gasteiger partial charge is 0.335 e. The molecule has 2 aromatic rings. The van der Waals surface area contributed by atoms with Gasteiger partial charge in [0.1, 0.15) is 0 Å². The number of nitrogens with zero attached hydrogens (tertiary/aromatic N) is 1. The SMILES string of the molecule is Cc1ccc(S(=O)(=O)Nc2ccc(C(=O)O)cc2)cc1[N+](=O)[O-]. The lowest BCUT2D eigenvalue weighted by Gasteiger charge is -2.09. The molecule has 0 aliphatic rings. The Morgan fingerprint density at radius 3 is 2.30 bits per heavy atom. The van der Waals surface area contributed by atoms with Crippen molar-refractivity contribution < 1.29 is 23.2 Å². The average molecular weight is 336 g/mol. The minimum Gasteiger partial charge on any atom is -0.478 e. The number of aromatic carboxylic acids is 1. The summed E-state index contributed by atoms with van der Waals surface area (Å²) in [6, 6.07) is 8.67. The molecule has 2 N–H and O–H groups in total. The van der Waals surface area contributed by atoms with E-state index in [0.29, 0.717) is 5.56 Å². The van der Waals surface area contributed by atoms with Gasteiger partial charge < -0.3 is 5.11 Å². The highest BCUT2D eigenvalue weighted by molar-refractivity contribution is 7.92. The molecule has 23 heavy (non-hydrogen) atoms. The second kappa shape index (κ2) is 6.05. The van der Waals surface area contributed by atoms with Gasteiger partial charge in [-0.2, -0.15) is 0 Å². The molecule has 0 heterocycles. The molecule has 0 saturated carbocycles. The van der Waals surface area contributed by atoms with Gasteiger partial charge >= 0.3 is 5.97 Å². The lowest BCUT2D eigenvalue weighted by molar-refractivity contribution is -0.385. The summed E-state index contributed by atoms with van der Waals surface area (Å²) < 4.78 is 26.8. The molecule has 120 valence electrons. The molecule has 0 amide bonds. The number of carboxylic acid groups (broad SMARTS) is 1. The Bertz CT molecular complexity index is 875. The Morgan fingerprint density at radius 1 is 1.17 bits per heavy atom. The van der Waals surface area contributed by atoms with E-state index < -0.39 is 20.9 Å². The van der Waals surface area contributed by atoms with Crippen molar-refractivity contribution in [2.75, 3.05) is 4.72 Å². The summed E-state index contributed by atoms with van der Waals surface area (Å²) in [6.45, 7) is 1.51. The van der Waals surface area contributed by atoms with Crippen LogP contribution in [0.15, 0.2) is 47.4 Å². The van der Waals surface area contributed by atoms with Crippen molar-refractivity contribution in [1.29, 1.82) is 0 Å². The van der Waals surface area contributed by atoms with E-state index in [9.17, 15) is 23.3 Å². The normalized spacial score (nSPS) is 11.0. The molecule has 2 aromatic carbocycles. The van der Waals surface area contributed by atoms with Crippen LogP contribution in [0.1, 0.15) is 15.9 Å². The summed E-state index contributed by atoms with van der Waals surface area (Å²) in [4.78, 5) is 20.7. The van der Waals surface area contributed by atoms with Crippen molar-refractivity contribution in [2.45, 2.75) is 11.8 Å². The van der Waals surface area contributed by atoms with Crippen molar-refractivity contribution in [2.24, 2.45) is 0 Å². The van der Waals surface area contributed by atoms with Crippen molar-refractivity contribution >= 4 is 27.4 Å². The molecule has 0 unspecified atom stereocenters. The molecule has 0 fully saturated rings. The molecule has 0 bridgehead atoms. The summed E-state index contributed by atoms with van der Waals surface area (Å²) in [5.74, 6) is -1.13. The number of hydrogen-bond acceptors (Lipinski definition) is 5. The quantitative estimate of drug-likeness (QED) is 0.637. The Morgan fingerprint density at radius 2 is 1.78 bits per heavy atom. The lowest BCUT2D eigenvalue weighted by Crippen LogP contribution is -2.13. The maximum atomic E-state index is 12.3. The van der Waals surface area contributed by atoms with E-state index in [4.69, 9.17) is 5.11 Å². The Labute approximate surface area is 131 Å². The van der Waals surface area contributed by atoms with Gasteiger partial charge in [0.2, 0.25) is 0 Å². The molecule has 0 atom stereocenters. The minimum absolute atomic E-state index is 0.0129. The number of carboxylic acids is 1. The predicted octanol–water partition coefficient (Wildman–Crippen LogP) is 2.40. The number of hydrogen-bond donors (Lipinski definition) is 2. The van der Waals surface area contributed by atoms with Crippen molar-refractivity contribution in [3.05, 3.63) is 63.7 Å². The molecular formula is C14H12N2O6S. The minimum atomic E-state index is -4.02. The Hall–Kier alpha value is -2.94. The number of benzene rings is 2. The first-order chi connectivity index (χ1) is 10.7. The van der Waals surface area contributed by atoms with E-state index in [-0.39, 0.29) is 21.8 Å². The van der Waals surface area contributed by atoms with Crippen LogP contribution in [-0.2, 0) is 10.0 Å². The highest BCUT2D eigenvalue weighted by Gasteiger charge is 2.20. The monoisotopic (exact) mass is 336 g/mol. The van der Waals surface area contributed by atoms with E-state index in [0.717, 1.165) is 6.07 Å².